The minimum atomic E-state index is -1.21. The molecule has 5 atom stereocenters. The summed E-state index contributed by atoms with van der Waals surface area (Å²) in [6, 6.07) is 0. The molecule has 0 radical (unpaired) electrons. The number of aliphatic hydroxyl groups is 1. The highest BCUT2D eigenvalue weighted by atomic mass is 16.6. The van der Waals surface area contributed by atoms with Crippen molar-refractivity contribution in [1.29, 1.82) is 0 Å². The second-order valence-corrected chi connectivity index (χ2v) is 6.02. The minimum Gasteiger partial charge on any atom is -0.461 e. The highest BCUT2D eigenvalue weighted by Crippen LogP contribution is 2.49. The van der Waals surface area contributed by atoms with Gasteiger partial charge in [0.1, 0.15) is 6.10 Å². The van der Waals surface area contributed by atoms with Gasteiger partial charge in [0.25, 0.3) is 0 Å². The summed E-state index contributed by atoms with van der Waals surface area (Å²) in [7, 11) is 0. The first-order valence-corrected chi connectivity index (χ1v) is 6.67. The van der Waals surface area contributed by atoms with Gasteiger partial charge < -0.3 is 14.6 Å². The molecular formula is C14H20O4. The molecule has 2 fully saturated rings. The number of hydrogen-bond donors (Lipinski definition) is 1. The maximum absolute atomic E-state index is 11.8. The van der Waals surface area contributed by atoms with E-state index < -0.39 is 5.79 Å². The van der Waals surface area contributed by atoms with Crippen LogP contribution in [-0.4, -0.2) is 29.6 Å². The van der Waals surface area contributed by atoms with E-state index in [1.54, 1.807) is 6.92 Å². The van der Waals surface area contributed by atoms with Crippen LogP contribution in [-0.2, 0) is 14.3 Å². The topological polar surface area (TPSA) is 55.8 Å². The molecule has 0 aromatic heterocycles. The average Bonchev–Trinajstić information content (AvgIpc) is 2.69. The number of allylic oxidation sites excluding steroid dienone is 1. The fourth-order valence-corrected chi connectivity index (χ4v) is 3.68. The van der Waals surface area contributed by atoms with Crippen LogP contribution in [0.4, 0.5) is 0 Å². The van der Waals surface area contributed by atoms with Crippen molar-refractivity contribution < 1.29 is 19.4 Å². The number of fused-ring (bicyclic) bond motifs is 3. The Hall–Kier alpha value is -0.870. The Kier molecular flexibility index (Phi) is 2.58. The summed E-state index contributed by atoms with van der Waals surface area (Å²) >= 11 is 0. The average molecular weight is 252 g/mol. The van der Waals surface area contributed by atoms with E-state index in [4.69, 9.17) is 9.47 Å². The van der Waals surface area contributed by atoms with Gasteiger partial charge in [-0.25, -0.2) is 0 Å². The summed E-state index contributed by atoms with van der Waals surface area (Å²) in [6.45, 7) is 6.16. The molecule has 4 heteroatoms. The van der Waals surface area contributed by atoms with Gasteiger partial charge in [0, 0.05) is 5.92 Å². The van der Waals surface area contributed by atoms with E-state index in [0.29, 0.717) is 6.61 Å². The molecule has 2 heterocycles. The predicted octanol–water partition coefficient (Wildman–Crippen LogP) is 1.63. The number of esters is 1. The first-order valence-electron chi connectivity index (χ1n) is 6.67. The molecular weight excluding hydrogens is 232 g/mol. The van der Waals surface area contributed by atoms with Crippen LogP contribution in [0.1, 0.15) is 33.6 Å². The van der Waals surface area contributed by atoms with Gasteiger partial charge in [0.2, 0.25) is 0 Å². The summed E-state index contributed by atoms with van der Waals surface area (Å²) in [5, 5.41) is 10.4. The second-order valence-electron chi connectivity index (χ2n) is 6.02. The number of hydrogen-bond acceptors (Lipinski definition) is 4. The first-order chi connectivity index (χ1) is 8.42. The monoisotopic (exact) mass is 252 g/mol. The normalized spacial score (nSPS) is 47.7. The molecule has 1 aliphatic carbocycles. The van der Waals surface area contributed by atoms with Crippen molar-refractivity contribution in [3.05, 3.63) is 11.1 Å². The lowest BCUT2D eigenvalue weighted by molar-refractivity contribution is -0.200. The Bertz CT molecular complexity index is 424. The third-order valence-corrected chi connectivity index (χ3v) is 4.89. The third kappa shape index (κ3) is 1.55. The Balaban J connectivity index is 2.04. The van der Waals surface area contributed by atoms with Crippen LogP contribution in [0.2, 0.25) is 0 Å². The number of carbonyl (C=O) groups is 1. The van der Waals surface area contributed by atoms with Crippen molar-refractivity contribution in [2.45, 2.75) is 45.5 Å². The van der Waals surface area contributed by atoms with E-state index >= 15 is 0 Å². The van der Waals surface area contributed by atoms with Gasteiger partial charge >= 0.3 is 5.97 Å². The molecule has 1 N–H and O–H groups in total. The molecule has 0 amide bonds. The van der Waals surface area contributed by atoms with E-state index in [0.717, 1.165) is 18.4 Å². The van der Waals surface area contributed by atoms with Gasteiger partial charge in [-0.1, -0.05) is 12.5 Å². The smallest absolute Gasteiger partial charge is 0.309 e. The summed E-state index contributed by atoms with van der Waals surface area (Å²) in [6.07, 6.45) is 1.70. The molecule has 100 valence electrons. The van der Waals surface area contributed by atoms with Crippen LogP contribution in [0, 0.1) is 17.8 Å². The molecule has 3 rings (SSSR count). The largest absolute Gasteiger partial charge is 0.461 e. The fraction of sp³-hybridized carbons (Fsp3) is 0.786. The van der Waals surface area contributed by atoms with Gasteiger partial charge in [-0.05, 0) is 32.3 Å². The first kappa shape index (κ1) is 12.2. The lowest BCUT2D eigenvalue weighted by Crippen LogP contribution is -2.41. The van der Waals surface area contributed by atoms with E-state index in [1.165, 1.54) is 5.57 Å². The fourth-order valence-electron chi connectivity index (χ4n) is 3.68. The Morgan fingerprint density at radius 1 is 1.44 bits per heavy atom. The number of rotatable bonds is 0. The molecule has 0 aromatic rings. The van der Waals surface area contributed by atoms with E-state index in [-0.39, 0.29) is 29.8 Å². The summed E-state index contributed by atoms with van der Waals surface area (Å²) in [5.74, 6) is -1.42. The van der Waals surface area contributed by atoms with E-state index in [1.807, 2.05) is 6.92 Å². The second kappa shape index (κ2) is 3.81. The molecule has 3 aliphatic rings. The highest BCUT2D eigenvalue weighted by molar-refractivity contribution is 5.75. The molecule has 18 heavy (non-hydrogen) atoms. The number of ether oxygens (including phenoxy) is 2. The molecule has 4 nitrogen and oxygen atoms in total. The van der Waals surface area contributed by atoms with Crippen molar-refractivity contribution in [3.8, 4) is 0 Å². The van der Waals surface area contributed by atoms with Crippen LogP contribution >= 0.6 is 0 Å². The molecule has 0 saturated carbocycles. The molecule has 0 aromatic carbocycles. The SMILES string of the molecule is CC1=C2CO[C@@](C)(O)[C@H]2[C@H]2OC(=O)[C@@H](C)[C@@H]2CC1. The Labute approximate surface area is 107 Å². The van der Waals surface area contributed by atoms with Crippen molar-refractivity contribution in [1.82, 2.24) is 0 Å². The summed E-state index contributed by atoms with van der Waals surface area (Å²) < 4.78 is 11.0. The third-order valence-electron chi connectivity index (χ3n) is 4.89. The van der Waals surface area contributed by atoms with Crippen molar-refractivity contribution in [3.63, 3.8) is 0 Å². The zero-order chi connectivity index (χ0) is 13.1. The molecule has 0 unspecified atom stereocenters. The standard InChI is InChI=1S/C14H20O4/c1-7-4-5-9-8(2)13(15)18-12(9)11-10(7)6-17-14(11,3)16/h8-9,11-12,16H,4-6H2,1-3H3/t8-,9-,11+,12-,14+/m0/s1. The van der Waals surface area contributed by atoms with E-state index in [2.05, 4.69) is 6.92 Å². The van der Waals surface area contributed by atoms with Gasteiger partial charge in [-0.3, -0.25) is 4.79 Å². The van der Waals surface area contributed by atoms with Crippen molar-refractivity contribution in [2.75, 3.05) is 6.61 Å². The van der Waals surface area contributed by atoms with Crippen LogP contribution in [0.25, 0.3) is 0 Å². The van der Waals surface area contributed by atoms with E-state index in [9.17, 15) is 9.90 Å². The van der Waals surface area contributed by atoms with Crippen LogP contribution in [0.5, 0.6) is 0 Å². The van der Waals surface area contributed by atoms with Crippen molar-refractivity contribution >= 4 is 5.97 Å². The molecule has 2 saturated heterocycles. The Morgan fingerprint density at radius 3 is 2.89 bits per heavy atom. The van der Waals surface area contributed by atoms with Gasteiger partial charge in [-0.15, -0.1) is 0 Å². The zero-order valence-electron chi connectivity index (χ0n) is 11.1. The summed E-state index contributed by atoms with van der Waals surface area (Å²) in [4.78, 5) is 11.8. The van der Waals surface area contributed by atoms with Crippen LogP contribution in [0.15, 0.2) is 11.1 Å². The maximum Gasteiger partial charge on any atom is 0.309 e. The van der Waals surface area contributed by atoms with Crippen molar-refractivity contribution in [2.24, 2.45) is 17.8 Å². The minimum absolute atomic E-state index is 0.0708. The van der Waals surface area contributed by atoms with Crippen LogP contribution < -0.4 is 0 Å². The Morgan fingerprint density at radius 2 is 2.17 bits per heavy atom. The highest BCUT2D eigenvalue weighted by Gasteiger charge is 2.56. The lowest BCUT2D eigenvalue weighted by atomic mass is 9.80. The van der Waals surface area contributed by atoms with Gasteiger partial charge in [0.15, 0.2) is 5.79 Å². The molecule has 0 bridgehead atoms. The van der Waals surface area contributed by atoms with Gasteiger partial charge in [0.05, 0.1) is 18.4 Å². The lowest BCUT2D eigenvalue weighted by Gasteiger charge is -2.31. The quantitative estimate of drug-likeness (QED) is 0.526. The zero-order valence-corrected chi connectivity index (χ0v) is 11.1. The summed E-state index contributed by atoms with van der Waals surface area (Å²) in [5.41, 5.74) is 2.42. The predicted molar refractivity (Wildman–Crippen MR) is 64.5 cm³/mol. The molecule has 0 spiro atoms. The van der Waals surface area contributed by atoms with Gasteiger partial charge in [-0.2, -0.15) is 0 Å². The maximum atomic E-state index is 11.8. The molecule has 2 aliphatic heterocycles. The van der Waals surface area contributed by atoms with Crippen LogP contribution in [0.3, 0.4) is 0 Å². The number of carbonyl (C=O) groups excluding carboxylic acids is 1.